The Morgan fingerprint density at radius 1 is 1.20 bits per heavy atom. The zero-order valence-corrected chi connectivity index (χ0v) is 14.0. The molecule has 1 amide bonds. The van der Waals surface area contributed by atoms with Gasteiger partial charge in [0, 0.05) is 24.2 Å². The number of ether oxygens (including phenoxy) is 1. The van der Waals surface area contributed by atoms with E-state index in [4.69, 9.17) is 4.74 Å². The van der Waals surface area contributed by atoms with Gasteiger partial charge in [-0.1, -0.05) is 0 Å². The Kier molecular flexibility index (Phi) is 5.30. The summed E-state index contributed by atoms with van der Waals surface area (Å²) < 4.78 is 42.9. The van der Waals surface area contributed by atoms with Crippen LogP contribution in [0.3, 0.4) is 0 Å². The number of alkyl halides is 3. The van der Waals surface area contributed by atoms with E-state index in [2.05, 4.69) is 15.3 Å². The summed E-state index contributed by atoms with van der Waals surface area (Å²) in [5.74, 6) is -0.257. The fourth-order valence-corrected chi connectivity index (χ4v) is 2.02. The second-order valence-electron chi connectivity index (χ2n) is 6.15. The molecule has 5 nitrogen and oxygen atoms in total. The molecular formula is C17H18F3N3O2. The van der Waals surface area contributed by atoms with E-state index in [0.717, 1.165) is 12.1 Å². The van der Waals surface area contributed by atoms with Gasteiger partial charge in [-0.3, -0.25) is 9.78 Å². The largest absolute Gasteiger partial charge is 0.475 e. The third-order valence-corrected chi connectivity index (χ3v) is 3.35. The number of hydrogen-bond acceptors (Lipinski definition) is 4. The molecule has 2 heterocycles. The highest BCUT2D eigenvalue weighted by molar-refractivity contribution is 5.95. The average molecular weight is 353 g/mol. The molecule has 2 aromatic rings. The number of amides is 1. The number of rotatable bonds is 5. The van der Waals surface area contributed by atoms with Gasteiger partial charge in [0.05, 0.1) is 16.7 Å². The molecule has 0 fully saturated rings. The van der Waals surface area contributed by atoms with Crippen molar-refractivity contribution in [1.29, 1.82) is 0 Å². The Morgan fingerprint density at radius 3 is 2.48 bits per heavy atom. The second-order valence-corrected chi connectivity index (χ2v) is 6.15. The van der Waals surface area contributed by atoms with Crippen LogP contribution in [-0.2, 0) is 6.18 Å². The highest BCUT2D eigenvalue weighted by atomic mass is 19.4. The van der Waals surface area contributed by atoms with E-state index in [1.54, 1.807) is 39.1 Å². The molecule has 8 heteroatoms. The van der Waals surface area contributed by atoms with Crippen molar-refractivity contribution in [2.24, 2.45) is 0 Å². The third kappa shape index (κ3) is 5.17. The molecule has 0 radical (unpaired) electrons. The smallest absolute Gasteiger partial charge is 0.417 e. The number of carbonyl (C=O) groups excluding carboxylic acids is 1. The Bertz CT molecular complexity index is 744. The SMILES string of the molecule is Cc1ncccc1C(=O)NC(C)(C)COc1ccc(C(F)(F)F)cn1. The lowest BCUT2D eigenvalue weighted by molar-refractivity contribution is -0.137. The first-order valence-corrected chi connectivity index (χ1v) is 7.49. The lowest BCUT2D eigenvalue weighted by Gasteiger charge is -2.26. The van der Waals surface area contributed by atoms with Crippen molar-refractivity contribution in [3.63, 3.8) is 0 Å². The summed E-state index contributed by atoms with van der Waals surface area (Å²) in [6, 6.07) is 5.36. The zero-order chi connectivity index (χ0) is 18.7. The molecule has 0 atom stereocenters. The standard InChI is InChI=1S/C17H18F3N3O2/c1-11-13(5-4-8-21-11)15(24)23-16(2,3)10-25-14-7-6-12(9-22-14)17(18,19)20/h4-9H,10H2,1-3H3,(H,23,24). The van der Waals surface area contributed by atoms with Crippen molar-refractivity contribution < 1.29 is 22.7 Å². The molecule has 0 aliphatic carbocycles. The molecule has 0 unspecified atom stereocenters. The number of aromatic nitrogens is 2. The Balaban J connectivity index is 1.97. The van der Waals surface area contributed by atoms with E-state index in [0.29, 0.717) is 17.5 Å². The monoisotopic (exact) mass is 353 g/mol. The molecule has 0 saturated carbocycles. The van der Waals surface area contributed by atoms with Gasteiger partial charge in [0.1, 0.15) is 6.61 Å². The number of aryl methyl sites for hydroxylation is 1. The predicted molar refractivity (Wildman–Crippen MR) is 85.3 cm³/mol. The van der Waals surface area contributed by atoms with Crippen LogP contribution in [0.1, 0.15) is 35.5 Å². The zero-order valence-electron chi connectivity index (χ0n) is 14.0. The third-order valence-electron chi connectivity index (χ3n) is 3.35. The van der Waals surface area contributed by atoms with Crippen LogP contribution in [0.25, 0.3) is 0 Å². The van der Waals surface area contributed by atoms with Crippen molar-refractivity contribution >= 4 is 5.91 Å². The second kappa shape index (κ2) is 7.08. The molecule has 0 aromatic carbocycles. The van der Waals surface area contributed by atoms with Crippen LogP contribution >= 0.6 is 0 Å². The van der Waals surface area contributed by atoms with Gasteiger partial charge in [0.2, 0.25) is 5.88 Å². The first kappa shape index (κ1) is 18.7. The fraction of sp³-hybridized carbons (Fsp3) is 0.353. The van der Waals surface area contributed by atoms with Gasteiger partial charge >= 0.3 is 6.18 Å². The maximum atomic E-state index is 12.5. The van der Waals surface area contributed by atoms with Crippen LogP contribution in [0.4, 0.5) is 13.2 Å². The van der Waals surface area contributed by atoms with E-state index in [1.807, 2.05) is 0 Å². The van der Waals surface area contributed by atoms with Crippen LogP contribution in [0.15, 0.2) is 36.7 Å². The van der Waals surface area contributed by atoms with Crippen LogP contribution in [-0.4, -0.2) is 28.0 Å². The molecule has 2 rings (SSSR count). The van der Waals surface area contributed by atoms with Crippen molar-refractivity contribution in [3.8, 4) is 5.88 Å². The maximum Gasteiger partial charge on any atom is 0.417 e. The lowest BCUT2D eigenvalue weighted by Crippen LogP contribution is -2.48. The lowest BCUT2D eigenvalue weighted by atomic mass is 10.1. The highest BCUT2D eigenvalue weighted by Crippen LogP contribution is 2.29. The topological polar surface area (TPSA) is 64.1 Å². The van der Waals surface area contributed by atoms with E-state index in [-0.39, 0.29) is 18.4 Å². The van der Waals surface area contributed by atoms with Crippen LogP contribution < -0.4 is 10.1 Å². The summed E-state index contributed by atoms with van der Waals surface area (Å²) in [6.07, 6.45) is -2.14. The van der Waals surface area contributed by atoms with Crippen molar-refractivity contribution in [1.82, 2.24) is 15.3 Å². The number of halogens is 3. The van der Waals surface area contributed by atoms with Gasteiger partial charge < -0.3 is 10.1 Å². The molecule has 0 saturated heterocycles. The summed E-state index contributed by atoms with van der Waals surface area (Å²) in [7, 11) is 0. The Hall–Kier alpha value is -2.64. The number of pyridine rings is 2. The van der Waals surface area contributed by atoms with Gasteiger partial charge in [-0.15, -0.1) is 0 Å². The maximum absolute atomic E-state index is 12.5. The van der Waals surface area contributed by atoms with E-state index in [9.17, 15) is 18.0 Å². The van der Waals surface area contributed by atoms with Crippen LogP contribution in [0.5, 0.6) is 5.88 Å². The van der Waals surface area contributed by atoms with E-state index < -0.39 is 17.3 Å². The average Bonchev–Trinajstić information content (AvgIpc) is 2.52. The molecule has 134 valence electrons. The van der Waals surface area contributed by atoms with Crippen molar-refractivity contribution in [2.45, 2.75) is 32.5 Å². The normalized spacial score (nSPS) is 11.9. The van der Waals surface area contributed by atoms with Gasteiger partial charge in [-0.2, -0.15) is 13.2 Å². The minimum atomic E-state index is -4.44. The highest BCUT2D eigenvalue weighted by Gasteiger charge is 2.31. The molecular weight excluding hydrogens is 335 g/mol. The molecule has 25 heavy (non-hydrogen) atoms. The number of carbonyl (C=O) groups is 1. The number of nitrogens with one attached hydrogen (secondary N) is 1. The van der Waals surface area contributed by atoms with Crippen molar-refractivity contribution in [3.05, 3.63) is 53.5 Å². The summed E-state index contributed by atoms with van der Waals surface area (Å²) in [5, 5.41) is 2.81. The molecule has 0 bridgehead atoms. The van der Waals surface area contributed by atoms with Gasteiger partial charge in [-0.05, 0) is 39.0 Å². The minimum absolute atomic E-state index is 0.0381. The summed E-state index contributed by atoms with van der Waals surface area (Å²) >= 11 is 0. The van der Waals surface area contributed by atoms with Gasteiger partial charge in [-0.25, -0.2) is 4.98 Å². The van der Waals surface area contributed by atoms with E-state index in [1.165, 1.54) is 0 Å². The minimum Gasteiger partial charge on any atom is -0.475 e. The first-order valence-electron chi connectivity index (χ1n) is 7.49. The summed E-state index contributed by atoms with van der Waals surface area (Å²) in [4.78, 5) is 20.0. The first-order chi connectivity index (χ1) is 11.6. The molecule has 1 N–H and O–H groups in total. The van der Waals surface area contributed by atoms with Crippen LogP contribution in [0.2, 0.25) is 0 Å². The summed E-state index contributed by atoms with van der Waals surface area (Å²) in [6.45, 7) is 5.24. The van der Waals surface area contributed by atoms with Crippen LogP contribution in [0, 0.1) is 6.92 Å². The predicted octanol–water partition coefficient (Wildman–Crippen LogP) is 3.39. The Labute approximate surface area is 143 Å². The molecule has 2 aromatic heterocycles. The number of nitrogens with zero attached hydrogens (tertiary/aromatic N) is 2. The molecule has 0 aliphatic rings. The quantitative estimate of drug-likeness (QED) is 0.895. The van der Waals surface area contributed by atoms with Gasteiger partial charge in [0.25, 0.3) is 5.91 Å². The van der Waals surface area contributed by atoms with Crippen molar-refractivity contribution in [2.75, 3.05) is 6.61 Å². The van der Waals surface area contributed by atoms with Gasteiger partial charge in [0.15, 0.2) is 0 Å². The molecule has 0 aliphatic heterocycles. The Morgan fingerprint density at radius 2 is 1.92 bits per heavy atom. The van der Waals surface area contributed by atoms with E-state index >= 15 is 0 Å². The molecule has 0 spiro atoms. The summed E-state index contributed by atoms with van der Waals surface area (Å²) in [5.41, 5.74) is -0.562. The fourth-order valence-electron chi connectivity index (χ4n) is 2.02. The number of hydrogen-bond donors (Lipinski definition) is 1.